The zero-order valence-electron chi connectivity index (χ0n) is 12.0. The van der Waals surface area contributed by atoms with Crippen molar-refractivity contribution in [2.24, 2.45) is 16.8 Å². The highest BCUT2D eigenvalue weighted by Gasteiger charge is 2.28. The second kappa shape index (κ2) is 6.13. The van der Waals surface area contributed by atoms with Crippen LogP contribution in [-0.4, -0.2) is 20.4 Å². The molecule has 2 rings (SSSR count). The Hall–Kier alpha value is -1.44. The highest BCUT2D eigenvalue weighted by molar-refractivity contribution is 7.89. The molecular weight excluding hydrogens is 290 g/mol. The van der Waals surface area contributed by atoms with Gasteiger partial charge in [0.05, 0.1) is 10.9 Å². The summed E-state index contributed by atoms with van der Waals surface area (Å²) in [6, 6.07) is 6.13. The van der Waals surface area contributed by atoms with E-state index in [1.54, 1.807) is 12.1 Å². The summed E-state index contributed by atoms with van der Waals surface area (Å²) >= 11 is 0. The Kier molecular flexibility index (Phi) is 4.65. The first-order valence-electron chi connectivity index (χ1n) is 6.96. The van der Waals surface area contributed by atoms with Crippen molar-refractivity contribution < 1.29 is 13.2 Å². The molecule has 1 fully saturated rings. The van der Waals surface area contributed by atoms with Crippen molar-refractivity contribution in [3.05, 3.63) is 29.8 Å². The molecule has 1 aliphatic carbocycles. The third-order valence-electron chi connectivity index (χ3n) is 3.91. The predicted molar refractivity (Wildman–Crippen MR) is 79.7 cm³/mol. The van der Waals surface area contributed by atoms with Crippen molar-refractivity contribution >= 4 is 15.9 Å². The number of benzene rings is 1. The Bertz CT molecular complexity index is 613. The molecule has 0 heterocycles. The van der Waals surface area contributed by atoms with Crippen LogP contribution in [0.25, 0.3) is 0 Å². The van der Waals surface area contributed by atoms with Gasteiger partial charge < -0.3 is 11.1 Å². The van der Waals surface area contributed by atoms with Gasteiger partial charge in [0.1, 0.15) is 0 Å². The van der Waals surface area contributed by atoms with Gasteiger partial charge in [-0.15, -0.1) is 0 Å². The molecule has 1 aromatic rings. The van der Waals surface area contributed by atoms with Gasteiger partial charge in [0.15, 0.2) is 0 Å². The smallest absolute Gasteiger partial charge is 0.238 e. The Morgan fingerprint density at radius 3 is 2.38 bits per heavy atom. The molecule has 6 nitrogen and oxygen atoms in total. The number of carbonyl (C=O) groups is 1. The van der Waals surface area contributed by atoms with Crippen LogP contribution >= 0.6 is 0 Å². The van der Waals surface area contributed by atoms with Crippen molar-refractivity contribution in [1.29, 1.82) is 0 Å². The highest BCUT2D eigenvalue weighted by Crippen LogP contribution is 2.25. The average Bonchev–Trinajstić information content (AvgIpc) is 2.84. The molecular formula is C14H21N3O3S. The number of rotatable bonds is 4. The number of hydrogen-bond donors (Lipinski definition) is 3. The quantitative estimate of drug-likeness (QED) is 0.756. The summed E-state index contributed by atoms with van der Waals surface area (Å²) in [5.41, 5.74) is 6.65. The largest absolute Gasteiger partial charge is 0.349 e. The van der Waals surface area contributed by atoms with Gasteiger partial charge in [0, 0.05) is 12.0 Å². The van der Waals surface area contributed by atoms with Crippen LogP contribution in [0.3, 0.4) is 0 Å². The summed E-state index contributed by atoms with van der Waals surface area (Å²) in [5, 5.41) is 7.99. The molecule has 1 saturated carbocycles. The minimum Gasteiger partial charge on any atom is -0.349 e. The summed E-state index contributed by atoms with van der Waals surface area (Å²) in [7, 11) is -3.69. The van der Waals surface area contributed by atoms with E-state index in [4.69, 9.17) is 10.9 Å². The number of amides is 1. The number of nitrogens with one attached hydrogen (secondary N) is 1. The zero-order chi connectivity index (χ0) is 15.6. The van der Waals surface area contributed by atoms with E-state index in [1.807, 2.05) is 6.92 Å². The average molecular weight is 311 g/mol. The van der Waals surface area contributed by atoms with E-state index in [0.29, 0.717) is 0 Å². The van der Waals surface area contributed by atoms with E-state index < -0.39 is 10.0 Å². The molecule has 0 aliphatic heterocycles. The summed E-state index contributed by atoms with van der Waals surface area (Å²) < 4.78 is 22.4. The lowest BCUT2D eigenvalue weighted by Gasteiger charge is -2.17. The van der Waals surface area contributed by atoms with E-state index in [9.17, 15) is 13.2 Å². The van der Waals surface area contributed by atoms with Crippen molar-refractivity contribution in [3.63, 3.8) is 0 Å². The fraction of sp³-hybridized carbons (Fsp3) is 0.500. The SMILES string of the molecule is CC(NC(=O)C1CCC(N)C1)c1ccc(S(N)(=O)=O)cc1. The van der Waals surface area contributed by atoms with Crippen molar-refractivity contribution in [2.75, 3.05) is 0 Å². The number of hydrogen-bond acceptors (Lipinski definition) is 4. The van der Waals surface area contributed by atoms with E-state index in [1.165, 1.54) is 12.1 Å². The first-order chi connectivity index (χ1) is 9.77. The second-order valence-electron chi connectivity index (χ2n) is 5.61. The second-order valence-corrected chi connectivity index (χ2v) is 7.18. The maximum absolute atomic E-state index is 12.1. The van der Waals surface area contributed by atoms with Crippen LogP contribution < -0.4 is 16.2 Å². The van der Waals surface area contributed by atoms with Crippen LogP contribution in [0.15, 0.2) is 29.2 Å². The normalized spacial score (nSPS) is 23.8. The lowest BCUT2D eigenvalue weighted by molar-refractivity contribution is -0.125. The maximum atomic E-state index is 12.1. The van der Waals surface area contributed by atoms with Gasteiger partial charge in [0.25, 0.3) is 0 Å². The van der Waals surface area contributed by atoms with Gasteiger partial charge in [-0.2, -0.15) is 0 Å². The highest BCUT2D eigenvalue weighted by atomic mass is 32.2. The minimum atomic E-state index is -3.69. The third-order valence-corrected chi connectivity index (χ3v) is 4.84. The molecule has 0 saturated heterocycles. The first-order valence-corrected chi connectivity index (χ1v) is 8.50. The summed E-state index contributed by atoms with van der Waals surface area (Å²) in [6.07, 6.45) is 2.43. The third kappa shape index (κ3) is 4.03. The van der Waals surface area contributed by atoms with Crippen LogP contribution in [0.1, 0.15) is 37.8 Å². The van der Waals surface area contributed by atoms with Crippen LogP contribution in [0, 0.1) is 5.92 Å². The van der Waals surface area contributed by atoms with Crippen molar-refractivity contribution in [3.8, 4) is 0 Å². The topological polar surface area (TPSA) is 115 Å². The van der Waals surface area contributed by atoms with Gasteiger partial charge in [-0.3, -0.25) is 4.79 Å². The molecule has 0 bridgehead atoms. The predicted octanol–water partition coefficient (Wildman–Crippen LogP) is 0.639. The molecule has 0 spiro atoms. The van der Waals surface area contributed by atoms with E-state index in [-0.39, 0.29) is 28.8 Å². The van der Waals surface area contributed by atoms with Gasteiger partial charge in [-0.25, -0.2) is 13.6 Å². The molecule has 5 N–H and O–H groups in total. The van der Waals surface area contributed by atoms with E-state index in [2.05, 4.69) is 5.32 Å². The standard InChI is InChI=1S/C14H21N3O3S/c1-9(17-14(18)11-2-5-12(15)8-11)10-3-6-13(7-4-10)21(16,19)20/h3-4,6-7,9,11-12H,2,5,8,15H2,1H3,(H,17,18)(H2,16,19,20). The molecule has 3 unspecified atom stereocenters. The molecule has 0 radical (unpaired) electrons. The van der Waals surface area contributed by atoms with Crippen LogP contribution in [0.4, 0.5) is 0 Å². The van der Waals surface area contributed by atoms with Crippen molar-refractivity contribution in [1.82, 2.24) is 5.32 Å². The number of sulfonamides is 1. The molecule has 7 heteroatoms. The minimum absolute atomic E-state index is 0.00553. The summed E-state index contributed by atoms with van der Waals surface area (Å²) in [6.45, 7) is 1.86. The zero-order valence-corrected chi connectivity index (χ0v) is 12.8. The van der Waals surface area contributed by atoms with Crippen LogP contribution in [0.2, 0.25) is 0 Å². The molecule has 3 atom stereocenters. The van der Waals surface area contributed by atoms with Gasteiger partial charge >= 0.3 is 0 Å². The number of nitrogens with two attached hydrogens (primary N) is 2. The Labute approximate surface area is 124 Å². The number of primary sulfonamides is 1. The summed E-state index contributed by atoms with van der Waals surface area (Å²) in [5.74, 6) is -0.0166. The fourth-order valence-electron chi connectivity index (χ4n) is 2.62. The summed E-state index contributed by atoms with van der Waals surface area (Å²) in [4.78, 5) is 12.2. The monoisotopic (exact) mass is 311 g/mol. The van der Waals surface area contributed by atoms with Gasteiger partial charge in [-0.1, -0.05) is 12.1 Å². The Balaban J connectivity index is 2.00. The molecule has 1 aliphatic rings. The maximum Gasteiger partial charge on any atom is 0.238 e. The molecule has 1 amide bonds. The van der Waals surface area contributed by atoms with Crippen molar-refractivity contribution in [2.45, 2.75) is 43.2 Å². The van der Waals surface area contributed by atoms with E-state index >= 15 is 0 Å². The van der Waals surface area contributed by atoms with Gasteiger partial charge in [0.2, 0.25) is 15.9 Å². The first kappa shape index (κ1) is 15.9. The fourth-order valence-corrected chi connectivity index (χ4v) is 3.13. The molecule has 1 aromatic carbocycles. The Morgan fingerprint density at radius 2 is 1.90 bits per heavy atom. The lowest BCUT2D eigenvalue weighted by Crippen LogP contribution is -2.32. The molecule has 0 aromatic heterocycles. The Morgan fingerprint density at radius 1 is 1.29 bits per heavy atom. The van der Waals surface area contributed by atoms with E-state index in [0.717, 1.165) is 24.8 Å². The lowest BCUT2D eigenvalue weighted by atomic mass is 10.0. The molecule has 21 heavy (non-hydrogen) atoms. The molecule has 116 valence electrons. The van der Waals surface area contributed by atoms with Crippen LogP contribution in [0.5, 0.6) is 0 Å². The number of carbonyl (C=O) groups excluding carboxylic acids is 1. The van der Waals surface area contributed by atoms with Crippen LogP contribution in [-0.2, 0) is 14.8 Å². The van der Waals surface area contributed by atoms with Gasteiger partial charge in [-0.05, 0) is 43.9 Å².